The van der Waals surface area contributed by atoms with Crippen LogP contribution < -0.4 is 10.1 Å². The van der Waals surface area contributed by atoms with Gasteiger partial charge in [-0.1, -0.05) is 0 Å². The summed E-state index contributed by atoms with van der Waals surface area (Å²) in [5.74, 6) is 2.87. The number of rotatable bonds is 6. The number of hydrogen-bond donors (Lipinski definition) is 1. The first-order valence-corrected chi connectivity index (χ1v) is 7.35. The maximum absolute atomic E-state index is 5.42. The highest BCUT2D eigenvalue weighted by atomic mass is 16.5. The van der Waals surface area contributed by atoms with Crippen molar-refractivity contribution in [3.8, 4) is 5.88 Å². The van der Waals surface area contributed by atoms with Gasteiger partial charge in [0.05, 0.1) is 6.61 Å². The molecule has 0 spiro atoms. The minimum Gasteiger partial charge on any atom is -0.478 e. The molecular weight excluding hydrogens is 294 g/mol. The second kappa shape index (κ2) is 6.47. The van der Waals surface area contributed by atoms with Gasteiger partial charge in [-0.3, -0.25) is 0 Å². The van der Waals surface area contributed by atoms with Gasteiger partial charge in [-0.15, -0.1) is 0 Å². The Morgan fingerprint density at radius 3 is 2.22 bits per heavy atom. The molecule has 1 N–H and O–H groups in total. The van der Waals surface area contributed by atoms with Gasteiger partial charge in [-0.25, -0.2) is 19.9 Å². The van der Waals surface area contributed by atoms with Crippen LogP contribution in [0, 0.1) is 0 Å². The third-order valence-electron chi connectivity index (χ3n) is 3.46. The van der Waals surface area contributed by atoms with Crippen molar-refractivity contribution >= 4 is 5.82 Å². The quantitative estimate of drug-likeness (QED) is 0.743. The molecule has 8 nitrogen and oxygen atoms in total. The number of nitrogens with one attached hydrogen (secondary N) is 1. The fraction of sp³-hybridized carbons (Fsp3) is 0.333. The minimum absolute atomic E-state index is 0.237. The SMILES string of the molecule is CCOc1cc(NC(c2nccn2C)c2nccn2C)ncn1. The summed E-state index contributed by atoms with van der Waals surface area (Å²) in [7, 11) is 3.90. The number of hydrogen-bond acceptors (Lipinski definition) is 6. The molecule has 0 saturated heterocycles. The maximum Gasteiger partial charge on any atom is 0.218 e. The van der Waals surface area contributed by atoms with Gasteiger partial charge in [-0.2, -0.15) is 0 Å². The molecule has 0 saturated carbocycles. The van der Waals surface area contributed by atoms with E-state index in [1.165, 1.54) is 6.33 Å². The Hall–Kier alpha value is -2.90. The molecule has 120 valence electrons. The molecule has 3 rings (SSSR count). The van der Waals surface area contributed by atoms with Crippen LogP contribution in [0.3, 0.4) is 0 Å². The molecule has 23 heavy (non-hydrogen) atoms. The topological polar surface area (TPSA) is 82.7 Å². The van der Waals surface area contributed by atoms with E-state index in [2.05, 4.69) is 25.3 Å². The Labute approximate surface area is 134 Å². The van der Waals surface area contributed by atoms with E-state index in [0.717, 1.165) is 11.6 Å². The Morgan fingerprint density at radius 2 is 1.70 bits per heavy atom. The summed E-state index contributed by atoms with van der Waals surface area (Å²) in [5, 5.41) is 3.37. The summed E-state index contributed by atoms with van der Waals surface area (Å²) in [6.45, 7) is 2.47. The molecule has 3 aromatic heterocycles. The first-order chi connectivity index (χ1) is 11.2. The molecule has 0 atom stereocenters. The lowest BCUT2D eigenvalue weighted by Gasteiger charge is -2.19. The summed E-state index contributed by atoms with van der Waals surface area (Å²) >= 11 is 0. The van der Waals surface area contributed by atoms with E-state index in [1.54, 1.807) is 18.5 Å². The van der Waals surface area contributed by atoms with E-state index in [0.29, 0.717) is 18.3 Å². The monoisotopic (exact) mass is 313 g/mol. The largest absolute Gasteiger partial charge is 0.478 e. The summed E-state index contributed by atoms with van der Waals surface area (Å²) in [5.41, 5.74) is 0. The first kappa shape index (κ1) is 15.0. The fourth-order valence-electron chi connectivity index (χ4n) is 2.35. The van der Waals surface area contributed by atoms with Crippen molar-refractivity contribution in [2.45, 2.75) is 13.0 Å². The Balaban J connectivity index is 1.95. The molecule has 0 aliphatic rings. The molecule has 3 heterocycles. The molecule has 0 unspecified atom stereocenters. The molecule has 3 aromatic rings. The van der Waals surface area contributed by atoms with Crippen LogP contribution in [-0.4, -0.2) is 35.7 Å². The molecule has 0 amide bonds. The average molecular weight is 313 g/mol. The van der Waals surface area contributed by atoms with Crippen molar-refractivity contribution in [1.29, 1.82) is 0 Å². The van der Waals surface area contributed by atoms with Crippen LogP contribution >= 0.6 is 0 Å². The smallest absolute Gasteiger partial charge is 0.218 e. The summed E-state index contributed by atoms with van der Waals surface area (Å²) in [6, 6.07) is 1.53. The van der Waals surface area contributed by atoms with Crippen LogP contribution in [0.25, 0.3) is 0 Å². The van der Waals surface area contributed by atoms with Gasteiger partial charge in [0.25, 0.3) is 0 Å². The van der Waals surface area contributed by atoms with Crippen LogP contribution in [0.1, 0.15) is 24.6 Å². The zero-order chi connectivity index (χ0) is 16.2. The predicted molar refractivity (Wildman–Crippen MR) is 85.1 cm³/mol. The van der Waals surface area contributed by atoms with Crippen molar-refractivity contribution in [1.82, 2.24) is 29.1 Å². The summed E-state index contributed by atoms with van der Waals surface area (Å²) in [4.78, 5) is 17.2. The highest BCUT2D eigenvalue weighted by Gasteiger charge is 2.22. The first-order valence-electron chi connectivity index (χ1n) is 7.35. The third kappa shape index (κ3) is 3.15. The second-order valence-electron chi connectivity index (χ2n) is 5.04. The molecule has 0 fully saturated rings. The van der Waals surface area contributed by atoms with Crippen molar-refractivity contribution in [3.63, 3.8) is 0 Å². The minimum atomic E-state index is -0.237. The van der Waals surface area contributed by atoms with Crippen LogP contribution in [0.4, 0.5) is 5.82 Å². The molecule has 0 bridgehead atoms. The van der Waals surface area contributed by atoms with E-state index in [9.17, 15) is 0 Å². The number of aryl methyl sites for hydroxylation is 2. The second-order valence-corrected chi connectivity index (χ2v) is 5.04. The summed E-state index contributed by atoms with van der Waals surface area (Å²) in [6.07, 6.45) is 8.80. The lowest BCUT2D eigenvalue weighted by Crippen LogP contribution is -2.20. The van der Waals surface area contributed by atoms with Gasteiger partial charge >= 0.3 is 0 Å². The van der Waals surface area contributed by atoms with Crippen LogP contribution in [0.2, 0.25) is 0 Å². The Kier molecular flexibility index (Phi) is 4.22. The van der Waals surface area contributed by atoms with Gasteiger partial charge in [0.1, 0.15) is 29.8 Å². The Bertz CT molecular complexity index is 739. The van der Waals surface area contributed by atoms with E-state index in [1.807, 2.05) is 42.5 Å². The van der Waals surface area contributed by atoms with Crippen LogP contribution in [0.15, 0.2) is 37.2 Å². The number of ether oxygens (including phenoxy) is 1. The van der Waals surface area contributed by atoms with Crippen molar-refractivity contribution in [3.05, 3.63) is 48.8 Å². The third-order valence-corrected chi connectivity index (χ3v) is 3.46. The van der Waals surface area contributed by atoms with Gasteiger partial charge < -0.3 is 19.2 Å². The van der Waals surface area contributed by atoms with Gasteiger partial charge in [0.2, 0.25) is 5.88 Å². The highest BCUT2D eigenvalue weighted by Crippen LogP contribution is 2.24. The van der Waals surface area contributed by atoms with Crippen molar-refractivity contribution < 1.29 is 4.74 Å². The van der Waals surface area contributed by atoms with E-state index in [-0.39, 0.29) is 6.04 Å². The molecule has 0 radical (unpaired) electrons. The number of anilines is 1. The molecule has 8 heteroatoms. The van der Waals surface area contributed by atoms with Gasteiger partial charge in [0, 0.05) is 44.9 Å². The zero-order valence-corrected chi connectivity index (χ0v) is 13.3. The van der Waals surface area contributed by atoms with E-state index < -0.39 is 0 Å². The van der Waals surface area contributed by atoms with E-state index >= 15 is 0 Å². The van der Waals surface area contributed by atoms with Crippen LogP contribution in [-0.2, 0) is 14.1 Å². The van der Waals surface area contributed by atoms with E-state index in [4.69, 9.17) is 4.74 Å². The molecule has 0 aromatic carbocycles. The summed E-state index contributed by atoms with van der Waals surface area (Å²) < 4.78 is 9.33. The molecule has 0 aliphatic carbocycles. The predicted octanol–water partition coefficient (Wildman–Crippen LogP) is 1.54. The number of aromatic nitrogens is 6. The normalized spacial score (nSPS) is 11.0. The number of imidazole rings is 2. The van der Waals surface area contributed by atoms with Gasteiger partial charge in [-0.05, 0) is 6.92 Å². The lowest BCUT2D eigenvalue weighted by molar-refractivity contribution is 0.326. The molecule has 0 aliphatic heterocycles. The van der Waals surface area contributed by atoms with Crippen molar-refractivity contribution in [2.75, 3.05) is 11.9 Å². The van der Waals surface area contributed by atoms with Crippen LogP contribution in [0.5, 0.6) is 5.88 Å². The Morgan fingerprint density at radius 1 is 1.04 bits per heavy atom. The lowest BCUT2D eigenvalue weighted by atomic mass is 10.2. The standard InChI is InChI=1S/C15H19N7O/c1-4-23-12-9-11(18-10-19-12)20-13(14-16-5-7-21(14)2)15-17-6-8-22(15)3/h5-10,13H,4H2,1-3H3,(H,18,19,20). The number of nitrogens with zero attached hydrogens (tertiary/aromatic N) is 6. The van der Waals surface area contributed by atoms with Gasteiger partial charge in [0.15, 0.2) is 0 Å². The average Bonchev–Trinajstić information content (AvgIpc) is 3.14. The maximum atomic E-state index is 5.42. The highest BCUT2D eigenvalue weighted by molar-refractivity contribution is 5.41. The van der Waals surface area contributed by atoms with Crippen molar-refractivity contribution in [2.24, 2.45) is 14.1 Å². The zero-order valence-electron chi connectivity index (χ0n) is 13.3. The molecular formula is C15H19N7O. The fourth-order valence-corrected chi connectivity index (χ4v) is 2.35.